The van der Waals surface area contributed by atoms with E-state index in [1.54, 1.807) is 56.9 Å². The smallest absolute Gasteiger partial charge is 0.407 e. The minimum Gasteiger partial charge on any atom is -0.444 e. The third-order valence-corrected chi connectivity index (χ3v) is 5.42. The average Bonchev–Trinajstić information content (AvgIpc) is 2.71. The number of amides is 2. The minimum absolute atomic E-state index is 0.105. The highest BCUT2D eigenvalue weighted by atomic mass is 35.5. The van der Waals surface area contributed by atoms with Gasteiger partial charge in [0, 0.05) is 47.0 Å². The first-order valence-electron chi connectivity index (χ1n) is 10.3. The van der Waals surface area contributed by atoms with Gasteiger partial charge in [-0.2, -0.15) is 0 Å². The van der Waals surface area contributed by atoms with Crippen molar-refractivity contribution in [2.45, 2.75) is 39.8 Å². The summed E-state index contributed by atoms with van der Waals surface area (Å²) >= 11 is 12.4. The molecule has 9 heteroatoms. The van der Waals surface area contributed by atoms with Gasteiger partial charge in [-0.25, -0.2) is 4.79 Å². The summed E-state index contributed by atoms with van der Waals surface area (Å²) in [5.74, 6) is -0.147. The predicted molar refractivity (Wildman–Crippen MR) is 124 cm³/mol. The highest BCUT2D eigenvalue weighted by molar-refractivity contribution is 6.36. The summed E-state index contributed by atoms with van der Waals surface area (Å²) < 4.78 is 10.7. The Morgan fingerprint density at radius 3 is 2.50 bits per heavy atom. The number of halogens is 2. The van der Waals surface area contributed by atoms with E-state index in [1.165, 1.54) is 0 Å². The van der Waals surface area contributed by atoms with Crippen molar-refractivity contribution in [3.05, 3.63) is 51.1 Å². The van der Waals surface area contributed by atoms with Crippen molar-refractivity contribution in [1.82, 2.24) is 15.2 Å². The van der Waals surface area contributed by atoms with Gasteiger partial charge in [-0.3, -0.25) is 9.78 Å². The Morgan fingerprint density at radius 1 is 1.19 bits per heavy atom. The van der Waals surface area contributed by atoms with Crippen LogP contribution in [-0.4, -0.2) is 53.8 Å². The normalized spacial score (nSPS) is 14.2. The molecule has 0 unspecified atom stereocenters. The summed E-state index contributed by atoms with van der Waals surface area (Å²) in [4.78, 5) is 32.0. The first-order valence-corrected chi connectivity index (χ1v) is 11.1. The van der Waals surface area contributed by atoms with E-state index in [9.17, 15) is 9.59 Å². The van der Waals surface area contributed by atoms with E-state index in [2.05, 4.69) is 10.3 Å². The SMILES string of the molecule is Cc1nc(-c2ccc(Cl)cc2Cl)cc(C(=O)N2CCOCC2)c1CNC(=O)OC(C)(C)C. The van der Waals surface area contributed by atoms with Crippen molar-refractivity contribution in [3.8, 4) is 11.3 Å². The Kier molecular flexibility index (Phi) is 7.64. The van der Waals surface area contributed by atoms with E-state index in [0.29, 0.717) is 64.4 Å². The second-order valence-electron chi connectivity index (χ2n) is 8.50. The quantitative estimate of drug-likeness (QED) is 0.676. The number of nitrogens with zero attached hydrogens (tertiary/aromatic N) is 2. The molecule has 1 aromatic heterocycles. The van der Waals surface area contributed by atoms with Gasteiger partial charge in [-0.05, 0) is 52.0 Å². The molecule has 7 nitrogen and oxygen atoms in total. The van der Waals surface area contributed by atoms with Crippen LogP contribution in [0, 0.1) is 6.92 Å². The Hall–Kier alpha value is -2.35. The van der Waals surface area contributed by atoms with Gasteiger partial charge in [0.25, 0.3) is 5.91 Å². The van der Waals surface area contributed by atoms with Crippen molar-refractivity contribution in [1.29, 1.82) is 0 Å². The minimum atomic E-state index is -0.626. The number of ether oxygens (including phenoxy) is 2. The van der Waals surface area contributed by atoms with Crippen molar-refractivity contribution in [3.63, 3.8) is 0 Å². The van der Waals surface area contributed by atoms with E-state index < -0.39 is 11.7 Å². The largest absolute Gasteiger partial charge is 0.444 e. The Balaban J connectivity index is 1.99. The number of carbonyl (C=O) groups is 2. The fourth-order valence-corrected chi connectivity index (χ4v) is 3.87. The molecule has 2 amide bonds. The van der Waals surface area contributed by atoms with E-state index in [1.807, 2.05) is 0 Å². The number of aryl methyl sites for hydroxylation is 1. The number of aromatic nitrogens is 1. The lowest BCUT2D eigenvalue weighted by Crippen LogP contribution is -2.41. The van der Waals surface area contributed by atoms with Gasteiger partial charge in [0.15, 0.2) is 0 Å². The number of carbonyl (C=O) groups excluding carboxylic acids is 2. The zero-order valence-electron chi connectivity index (χ0n) is 18.6. The van der Waals surface area contributed by atoms with Crippen molar-refractivity contribution in [2.24, 2.45) is 0 Å². The molecule has 0 atom stereocenters. The molecule has 2 heterocycles. The van der Waals surface area contributed by atoms with Gasteiger partial charge in [-0.15, -0.1) is 0 Å². The van der Waals surface area contributed by atoms with Gasteiger partial charge in [0.05, 0.1) is 23.9 Å². The fourth-order valence-electron chi connectivity index (χ4n) is 3.36. The van der Waals surface area contributed by atoms with Crippen molar-refractivity contribution < 1.29 is 19.1 Å². The number of hydrogen-bond acceptors (Lipinski definition) is 5. The predicted octanol–water partition coefficient (Wildman–Crippen LogP) is 4.86. The molecule has 172 valence electrons. The summed E-state index contributed by atoms with van der Waals surface area (Å²) in [6, 6.07) is 6.85. The van der Waals surface area contributed by atoms with Crippen LogP contribution in [0.2, 0.25) is 10.0 Å². The summed E-state index contributed by atoms with van der Waals surface area (Å²) in [6.45, 7) is 9.23. The summed E-state index contributed by atoms with van der Waals surface area (Å²) in [5, 5.41) is 3.68. The van der Waals surface area contributed by atoms with Gasteiger partial charge in [0.2, 0.25) is 0 Å². The maximum atomic E-state index is 13.4. The zero-order chi connectivity index (χ0) is 23.5. The number of nitrogens with one attached hydrogen (secondary N) is 1. The molecule has 2 aromatic rings. The molecule has 0 radical (unpaired) electrons. The molecule has 3 rings (SSSR count). The third kappa shape index (κ3) is 6.12. The molecular weight excluding hydrogens is 453 g/mol. The van der Waals surface area contributed by atoms with Gasteiger partial charge >= 0.3 is 6.09 Å². The molecule has 1 saturated heterocycles. The molecule has 1 fully saturated rings. The second kappa shape index (κ2) is 10.1. The number of pyridine rings is 1. The van der Waals surface area contributed by atoms with E-state index in [-0.39, 0.29) is 12.5 Å². The molecule has 0 bridgehead atoms. The highest BCUT2D eigenvalue weighted by Crippen LogP contribution is 2.31. The molecule has 0 spiro atoms. The van der Waals surface area contributed by atoms with Crippen molar-refractivity contribution >= 4 is 35.2 Å². The van der Waals surface area contributed by atoms with Crippen LogP contribution in [0.4, 0.5) is 4.79 Å². The van der Waals surface area contributed by atoms with Crippen LogP contribution in [0.1, 0.15) is 42.4 Å². The van der Waals surface area contributed by atoms with Crippen LogP contribution < -0.4 is 5.32 Å². The van der Waals surface area contributed by atoms with Crippen LogP contribution in [0.15, 0.2) is 24.3 Å². The fraction of sp³-hybridized carbons (Fsp3) is 0.435. The lowest BCUT2D eigenvalue weighted by Gasteiger charge is -2.28. The van der Waals surface area contributed by atoms with E-state index in [0.717, 1.165) is 0 Å². The lowest BCUT2D eigenvalue weighted by molar-refractivity contribution is 0.0301. The molecule has 0 saturated carbocycles. The van der Waals surface area contributed by atoms with Crippen molar-refractivity contribution in [2.75, 3.05) is 26.3 Å². The number of benzene rings is 1. The average molecular weight is 480 g/mol. The lowest BCUT2D eigenvalue weighted by atomic mass is 10.0. The standard InChI is InChI=1S/C23H27Cl2N3O4/c1-14-18(13-26-22(30)32-23(2,3)4)17(21(29)28-7-9-31-10-8-28)12-20(27-14)16-6-5-15(24)11-19(16)25/h5-6,11-12H,7-10,13H2,1-4H3,(H,26,30). The van der Waals surface area contributed by atoms with Gasteiger partial charge < -0.3 is 19.7 Å². The van der Waals surface area contributed by atoms with Gasteiger partial charge in [-0.1, -0.05) is 23.2 Å². The Labute approximate surface area is 198 Å². The first-order chi connectivity index (χ1) is 15.0. The molecule has 32 heavy (non-hydrogen) atoms. The number of rotatable bonds is 4. The molecule has 1 N–H and O–H groups in total. The summed E-state index contributed by atoms with van der Waals surface area (Å²) in [7, 11) is 0. The maximum absolute atomic E-state index is 13.4. The van der Waals surface area contributed by atoms with Crippen LogP contribution in [-0.2, 0) is 16.0 Å². The maximum Gasteiger partial charge on any atom is 0.407 e. The molecule has 1 aliphatic rings. The topological polar surface area (TPSA) is 80.8 Å². The monoisotopic (exact) mass is 479 g/mol. The Bertz CT molecular complexity index is 1020. The highest BCUT2D eigenvalue weighted by Gasteiger charge is 2.25. The number of morpholine rings is 1. The number of alkyl carbamates (subject to hydrolysis) is 1. The third-order valence-electron chi connectivity index (χ3n) is 4.88. The first kappa shape index (κ1) is 24.3. The van der Waals surface area contributed by atoms with E-state index >= 15 is 0 Å². The zero-order valence-corrected chi connectivity index (χ0v) is 20.1. The number of hydrogen-bond donors (Lipinski definition) is 1. The molecule has 1 aliphatic heterocycles. The van der Waals surface area contributed by atoms with Crippen LogP contribution in [0.25, 0.3) is 11.3 Å². The molecule has 1 aromatic carbocycles. The molecule has 0 aliphatic carbocycles. The van der Waals surface area contributed by atoms with Gasteiger partial charge in [0.1, 0.15) is 5.60 Å². The summed E-state index contributed by atoms with van der Waals surface area (Å²) in [5.41, 5.74) is 2.29. The Morgan fingerprint density at radius 2 is 1.88 bits per heavy atom. The van der Waals surface area contributed by atoms with Crippen LogP contribution in [0.5, 0.6) is 0 Å². The van der Waals surface area contributed by atoms with E-state index in [4.69, 9.17) is 32.7 Å². The molecular formula is C23H27Cl2N3O4. The second-order valence-corrected chi connectivity index (χ2v) is 9.35. The summed E-state index contributed by atoms with van der Waals surface area (Å²) in [6.07, 6.45) is -0.563. The van der Waals surface area contributed by atoms with Crippen LogP contribution in [0.3, 0.4) is 0 Å². The van der Waals surface area contributed by atoms with Crippen LogP contribution >= 0.6 is 23.2 Å².